The molecule has 1 atom stereocenters. The molecule has 0 saturated carbocycles. The molecule has 20 heavy (non-hydrogen) atoms. The van der Waals surface area contributed by atoms with Gasteiger partial charge >= 0.3 is 0 Å². The highest BCUT2D eigenvalue weighted by Gasteiger charge is 2.36. The zero-order valence-corrected chi connectivity index (χ0v) is 11.9. The number of hydrogen-bond acceptors (Lipinski definition) is 3. The number of aryl methyl sites for hydroxylation is 1. The molecule has 0 saturated heterocycles. The maximum absolute atomic E-state index is 6.16. The van der Waals surface area contributed by atoms with Crippen LogP contribution in [0.15, 0.2) is 36.7 Å². The zero-order valence-electron chi connectivity index (χ0n) is 11.9. The first-order valence-electron chi connectivity index (χ1n) is 7.21. The second-order valence-electron chi connectivity index (χ2n) is 5.46. The van der Waals surface area contributed by atoms with Crippen LogP contribution in [0, 0.1) is 0 Å². The Morgan fingerprint density at radius 1 is 1.40 bits per heavy atom. The summed E-state index contributed by atoms with van der Waals surface area (Å²) in [4.78, 5) is 0. The van der Waals surface area contributed by atoms with E-state index in [1.165, 1.54) is 11.1 Å². The number of hydrogen-bond donors (Lipinski definition) is 1. The molecule has 0 spiro atoms. The van der Waals surface area contributed by atoms with Crippen molar-refractivity contribution in [2.45, 2.75) is 31.7 Å². The van der Waals surface area contributed by atoms with Gasteiger partial charge in [-0.1, -0.05) is 18.2 Å². The van der Waals surface area contributed by atoms with Crippen molar-refractivity contribution < 1.29 is 4.74 Å². The maximum atomic E-state index is 6.16. The van der Waals surface area contributed by atoms with Crippen LogP contribution in [0.1, 0.15) is 24.5 Å². The Hall–Kier alpha value is -1.81. The molecule has 0 radical (unpaired) electrons. The van der Waals surface area contributed by atoms with Crippen LogP contribution in [0.4, 0.5) is 0 Å². The Kier molecular flexibility index (Phi) is 3.49. The summed E-state index contributed by atoms with van der Waals surface area (Å²) in [6, 6.07) is 8.26. The van der Waals surface area contributed by atoms with E-state index < -0.39 is 0 Å². The van der Waals surface area contributed by atoms with Crippen LogP contribution in [-0.2, 0) is 18.4 Å². The molecular weight excluding hydrogens is 250 g/mol. The van der Waals surface area contributed by atoms with E-state index in [1.807, 2.05) is 23.0 Å². The zero-order chi connectivity index (χ0) is 14.0. The van der Waals surface area contributed by atoms with E-state index in [2.05, 4.69) is 30.4 Å². The molecule has 0 aliphatic carbocycles. The molecule has 2 aromatic rings. The molecule has 0 bridgehead atoms. The third-order valence-corrected chi connectivity index (χ3v) is 4.24. The molecule has 4 nitrogen and oxygen atoms in total. The fourth-order valence-corrected chi connectivity index (χ4v) is 3.05. The summed E-state index contributed by atoms with van der Waals surface area (Å²) in [5.74, 6) is 0.979. The maximum Gasteiger partial charge on any atom is 0.123 e. The average molecular weight is 271 g/mol. The number of nitrogens with zero attached hydrogens (tertiary/aromatic N) is 2. The number of nitrogens with two attached hydrogens (primary N) is 1. The molecule has 0 fully saturated rings. The van der Waals surface area contributed by atoms with E-state index in [0.29, 0.717) is 6.54 Å². The molecule has 4 heteroatoms. The molecule has 1 unspecified atom stereocenters. The van der Waals surface area contributed by atoms with Crippen molar-refractivity contribution in [2.24, 2.45) is 5.73 Å². The minimum atomic E-state index is -0.0313. The van der Waals surface area contributed by atoms with Gasteiger partial charge < -0.3 is 10.5 Å². The summed E-state index contributed by atoms with van der Waals surface area (Å²) in [5, 5.41) is 4.37. The van der Waals surface area contributed by atoms with Crippen molar-refractivity contribution in [1.29, 1.82) is 0 Å². The van der Waals surface area contributed by atoms with Crippen molar-refractivity contribution in [3.63, 3.8) is 0 Å². The predicted molar refractivity (Wildman–Crippen MR) is 78.9 cm³/mol. The molecule has 1 aromatic heterocycles. The molecule has 106 valence electrons. The first kappa shape index (κ1) is 13.2. The summed E-state index contributed by atoms with van der Waals surface area (Å²) in [5.41, 5.74) is 8.60. The van der Waals surface area contributed by atoms with E-state index in [9.17, 15) is 0 Å². The second kappa shape index (κ2) is 5.29. The Morgan fingerprint density at radius 2 is 2.25 bits per heavy atom. The minimum Gasteiger partial charge on any atom is -0.493 e. The van der Waals surface area contributed by atoms with Crippen LogP contribution in [0.25, 0.3) is 0 Å². The molecule has 2 N–H and O–H groups in total. The van der Waals surface area contributed by atoms with Gasteiger partial charge in [-0.2, -0.15) is 5.10 Å². The fraction of sp³-hybridized carbons (Fsp3) is 0.438. The average Bonchev–Trinajstić information content (AvgIpc) is 2.95. The lowest BCUT2D eigenvalue weighted by atomic mass is 9.72. The third-order valence-electron chi connectivity index (χ3n) is 4.24. The fourth-order valence-electron chi connectivity index (χ4n) is 3.05. The summed E-state index contributed by atoms with van der Waals surface area (Å²) in [7, 11) is 0. The highest BCUT2D eigenvalue weighted by atomic mass is 16.5. The SMILES string of the molecule is CCn1cc(CC2(CN)CCOc3ccccc32)cn1. The van der Waals surface area contributed by atoms with Crippen molar-refractivity contribution >= 4 is 0 Å². The van der Waals surface area contributed by atoms with Gasteiger partial charge in [0.05, 0.1) is 12.8 Å². The Morgan fingerprint density at radius 3 is 3.00 bits per heavy atom. The number of fused-ring (bicyclic) bond motifs is 1. The van der Waals surface area contributed by atoms with Crippen LogP contribution < -0.4 is 10.5 Å². The van der Waals surface area contributed by atoms with Crippen molar-refractivity contribution in [3.8, 4) is 5.75 Å². The standard InChI is InChI=1S/C16H21N3O/c1-2-19-11-13(10-18-19)9-16(12-17)7-8-20-15-6-4-3-5-14(15)16/h3-6,10-11H,2,7-9,12,17H2,1H3. The van der Waals surface area contributed by atoms with Gasteiger partial charge in [0.25, 0.3) is 0 Å². The normalized spacial score (nSPS) is 21.3. The molecule has 1 aliphatic rings. The van der Waals surface area contributed by atoms with E-state index in [0.717, 1.165) is 31.7 Å². The molecule has 1 aromatic carbocycles. The van der Waals surface area contributed by atoms with Gasteiger partial charge in [-0.25, -0.2) is 0 Å². The lowest BCUT2D eigenvalue weighted by Crippen LogP contribution is -2.41. The Bertz CT molecular complexity index is 593. The third kappa shape index (κ3) is 2.20. The predicted octanol–water partition coefficient (Wildman–Crippen LogP) is 2.12. The summed E-state index contributed by atoms with van der Waals surface area (Å²) in [6.45, 7) is 4.36. The number of aromatic nitrogens is 2. The van der Waals surface area contributed by atoms with Gasteiger partial charge in [0, 0.05) is 30.3 Å². The van der Waals surface area contributed by atoms with Crippen molar-refractivity contribution in [2.75, 3.05) is 13.2 Å². The van der Waals surface area contributed by atoms with Gasteiger partial charge in [-0.3, -0.25) is 4.68 Å². The highest BCUT2D eigenvalue weighted by molar-refractivity contribution is 5.43. The molecule has 2 heterocycles. The Balaban J connectivity index is 1.96. The Labute approximate surface area is 119 Å². The van der Waals surface area contributed by atoms with Crippen LogP contribution >= 0.6 is 0 Å². The minimum absolute atomic E-state index is 0.0313. The summed E-state index contributed by atoms with van der Waals surface area (Å²) < 4.78 is 7.73. The quantitative estimate of drug-likeness (QED) is 0.926. The molecular formula is C16H21N3O. The van der Waals surface area contributed by atoms with Gasteiger partial charge in [-0.15, -0.1) is 0 Å². The summed E-state index contributed by atoms with van der Waals surface area (Å²) >= 11 is 0. The van der Waals surface area contributed by atoms with Gasteiger partial charge in [0.1, 0.15) is 5.75 Å². The van der Waals surface area contributed by atoms with E-state index in [-0.39, 0.29) is 5.41 Å². The lowest BCUT2D eigenvalue weighted by Gasteiger charge is -2.38. The van der Waals surface area contributed by atoms with E-state index in [4.69, 9.17) is 10.5 Å². The van der Waals surface area contributed by atoms with Crippen LogP contribution in [-0.4, -0.2) is 22.9 Å². The van der Waals surface area contributed by atoms with Gasteiger partial charge in [0.2, 0.25) is 0 Å². The van der Waals surface area contributed by atoms with E-state index >= 15 is 0 Å². The molecule has 0 amide bonds. The summed E-state index contributed by atoms with van der Waals surface area (Å²) in [6.07, 6.45) is 5.95. The second-order valence-corrected chi connectivity index (χ2v) is 5.46. The first-order chi connectivity index (χ1) is 9.77. The number of benzene rings is 1. The first-order valence-corrected chi connectivity index (χ1v) is 7.21. The van der Waals surface area contributed by atoms with Crippen LogP contribution in [0.3, 0.4) is 0 Å². The number of para-hydroxylation sites is 1. The lowest BCUT2D eigenvalue weighted by molar-refractivity contribution is 0.215. The van der Waals surface area contributed by atoms with Crippen LogP contribution in [0.5, 0.6) is 5.75 Å². The molecule has 3 rings (SSSR count). The topological polar surface area (TPSA) is 53.1 Å². The number of ether oxygens (including phenoxy) is 1. The molecule has 1 aliphatic heterocycles. The van der Waals surface area contributed by atoms with Gasteiger partial charge in [-0.05, 0) is 31.4 Å². The van der Waals surface area contributed by atoms with Gasteiger partial charge in [0.15, 0.2) is 0 Å². The number of rotatable bonds is 4. The smallest absolute Gasteiger partial charge is 0.123 e. The largest absolute Gasteiger partial charge is 0.493 e. The highest BCUT2D eigenvalue weighted by Crippen LogP contribution is 2.40. The van der Waals surface area contributed by atoms with Crippen molar-refractivity contribution in [1.82, 2.24) is 9.78 Å². The monoisotopic (exact) mass is 271 g/mol. The van der Waals surface area contributed by atoms with Crippen molar-refractivity contribution in [3.05, 3.63) is 47.8 Å². The van der Waals surface area contributed by atoms with Crippen LogP contribution in [0.2, 0.25) is 0 Å². The van der Waals surface area contributed by atoms with E-state index in [1.54, 1.807) is 0 Å².